The first kappa shape index (κ1) is 20.5. The topological polar surface area (TPSA) is 90.1 Å². The Bertz CT molecular complexity index is 1090. The van der Waals surface area contributed by atoms with Crippen molar-refractivity contribution in [2.75, 3.05) is 0 Å². The third kappa shape index (κ3) is 4.21. The van der Waals surface area contributed by atoms with Crippen LogP contribution >= 0.6 is 15.9 Å². The fraction of sp³-hybridized carbons (Fsp3) is 0.381. The number of nitrogens with one attached hydrogen (secondary N) is 1. The second-order valence-corrected chi connectivity index (χ2v) is 8.44. The van der Waals surface area contributed by atoms with Crippen LogP contribution in [0.2, 0.25) is 0 Å². The van der Waals surface area contributed by atoms with Crippen molar-refractivity contribution in [2.24, 2.45) is 0 Å². The molecule has 3 heterocycles. The number of tetrazole rings is 1. The standard InChI is InChI=1S/C21H25BrN8/c1-4-5-6-18-23-20(14(2)3)26-30(18)13-15-7-9-16(10-8-15)29-12-11-17(22)19(29)21-24-27-28-25-21/h7-12,14H,4-6,13H2,1-3H3,(H,24,25,27,28). The van der Waals surface area contributed by atoms with Gasteiger partial charge in [-0.2, -0.15) is 10.3 Å². The Kier molecular flexibility index (Phi) is 6.08. The number of rotatable bonds is 8. The van der Waals surface area contributed by atoms with Crippen LogP contribution in [-0.4, -0.2) is 40.0 Å². The van der Waals surface area contributed by atoms with Gasteiger partial charge in [-0.05, 0) is 51.3 Å². The van der Waals surface area contributed by atoms with Crippen LogP contribution in [-0.2, 0) is 13.0 Å². The van der Waals surface area contributed by atoms with Crippen molar-refractivity contribution in [3.05, 3.63) is 58.2 Å². The number of hydrogen-bond donors (Lipinski definition) is 1. The van der Waals surface area contributed by atoms with Gasteiger partial charge in [0.2, 0.25) is 5.82 Å². The van der Waals surface area contributed by atoms with Crippen molar-refractivity contribution in [1.82, 2.24) is 40.0 Å². The molecule has 156 valence electrons. The summed E-state index contributed by atoms with van der Waals surface area (Å²) < 4.78 is 5.01. The maximum atomic E-state index is 4.77. The number of benzene rings is 1. The first-order chi connectivity index (χ1) is 14.6. The predicted molar refractivity (Wildman–Crippen MR) is 118 cm³/mol. The van der Waals surface area contributed by atoms with Crippen LogP contribution in [0, 0.1) is 0 Å². The second kappa shape index (κ2) is 8.91. The molecule has 30 heavy (non-hydrogen) atoms. The van der Waals surface area contributed by atoms with E-state index in [1.54, 1.807) is 0 Å². The lowest BCUT2D eigenvalue weighted by atomic mass is 10.2. The Labute approximate surface area is 183 Å². The molecule has 0 saturated carbocycles. The Morgan fingerprint density at radius 1 is 1.13 bits per heavy atom. The average Bonchev–Trinajstić information content (AvgIpc) is 3.47. The molecular weight excluding hydrogens is 444 g/mol. The number of aromatic nitrogens is 8. The lowest BCUT2D eigenvalue weighted by Gasteiger charge is -2.10. The monoisotopic (exact) mass is 468 g/mol. The van der Waals surface area contributed by atoms with Crippen molar-refractivity contribution in [3.63, 3.8) is 0 Å². The highest BCUT2D eigenvalue weighted by molar-refractivity contribution is 9.10. The molecule has 0 aliphatic rings. The van der Waals surface area contributed by atoms with E-state index in [9.17, 15) is 0 Å². The minimum atomic E-state index is 0.324. The molecule has 0 amide bonds. The van der Waals surface area contributed by atoms with E-state index < -0.39 is 0 Å². The molecule has 1 aromatic carbocycles. The van der Waals surface area contributed by atoms with Crippen molar-refractivity contribution >= 4 is 15.9 Å². The normalized spacial score (nSPS) is 11.5. The van der Waals surface area contributed by atoms with Crippen LogP contribution in [0.3, 0.4) is 0 Å². The van der Waals surface area contributed by atoms with E-state index in [2.05, 4.69) is 86.3 Å². The van der Waals surface area contributed by atoms with Gasteiger partial charge in [0.05, 0.1) is 6.54 Å². The summed E-state index contributed by atoms with van der Waals surface area (Å²) in [7, 11) is 0. The molecule has 4 aromatic rings. The summed E-state index contributed by atoms with van der Waals surface area (Å²) in [6.45, 7) is 7.18. The van der Waals surface area contributed by atoms with Gasteiger partial charge in [-0.25, -0.2) is 9.67 Å². The SMILES string of the molecule is CCCCc1nc(C(C)C)nn1Cc1ccc(-n2ccc(Br)c2-c2nn[nH]n2)cc1. The van der Waals surface area contributed by atoms with Gasteiger partial charge in [-0.1, -0.05) is 39.3 Å². The molecule has 0 fully saturated rings. The molecule has 8 nitrogen and oxygen atoms in total. The van der Waals surface area contributed by atoms with Gasteiger partial charge in [-0.15, -0.1) is 10.2 Å². The number of hydrogen-bond acceptors (Lipinski definition) is 5. The molecule has 0 spiro atoms. The third-order valence-corrected chi connectivity index (χ3v) is 5.62. The van der Waals surface area contributed by atoms with E-state index in [-0.39, 0.29) is 0 Å². The van der Waals surface area contributed by atoms with Gasteiger partial charge >= 0.3 is 0 Å². The number of aromatic amines is 1. The Hall–Kier alpha value is -2.81. The lowest BCUT2D eigenvalue weighted by molar-refractivity contribution is 0.610. The largest absolute Gasteiger partial charge is 0.313 e. The quantitative estimate of drug-likeness (QED) is 0.410. The first-order valence-electron chi connectivity index (χ1n) is 10.2. The van der Waals surface area contributed by atoms with Gasteiger partial charge in [0.25, 0.3) is 0 Å². The van der Waals surface area contributed by atoms with Crippen LogP contribution < -0.4 is 0 Å². The summed E-state index contributed by atoms with van der Waals surface area (Å²) in [5, 5.41) is 19.2. The molecule has 0 radical (unpaired) electrons. The maximum absolute atomic E-state index is 4.77. The molecular formula is C21H25BrN8. The highest BCUT2D eigenvalue weighted by atomic mass is 79.9. The summed E-state index contributed by atoms with van der Waals surface area (Å²) in [4.78, 5) is 4.77. The minimum absolute atomic E-state index is 0.324. The zero-order valence-electron chi connectivity index (χ0n) is 17.4. The molecule has 0 unspecified atom stereocenters. The molecule has 4 rings (SSSR count). The fourth-order valence-electron chi connectivity index (χ4n) is 3.32. The van der Waals surface area contributed by atoms with Crippen LogP contribution in [0.4, 0.5) is 0 Å². The van der Waals surface area contributed by atoms with Crippen LogP contribution in [0.25, 0.3) is 17.2 Å². The summed E-state index contributed by atoms with van der Waals surface area (Å²) in [6, 6.07) is 10.4. The fourth-order valence-corrected chi connectivity index (χ4v) is 3.81. The number of nitrogens with zero attached hydrogens (tertiary/aromatic N) is 7. The van der Waals surface area contributed by atoms with Crippen LogP contribution in [0.1, 0.15) is 56.7 Å². The second-order valence-electron chi connectivity index (χ2n) is 7.59. The molecule has 0 atom stereocenters. The summed E-state index contributed by atoms with van der Waals surface area (Å²) >= 11 is 3.58. The van der Waals surface area contributed by atoms with Gasteiger partial charge < -0.3 is 4.57 Å². The maximum Gasteiger partial charge on any atom is 0.222 e. The summed E-state index contributed by atoms with van der Waals surface area (Å²) in [5.41, 5.74) is 3.07. The Morgan fingerprint density at radius 2 is 1.93 bits per heavy atom. The smallest absolute Gasteiger partial charge is 0.222 e. The van der Waals surface area contributed by atoms with E-state index >= 15 is 0 Å². The van der Waals surface area contributed by atoms with Crippen molar-refractivity contribution < 1.29 is 0 Å². The predicted octanol–water partition coefficient (Wildman–Crippen LogP) is 4.53. The molecule has 3 aromatic heterocycles. The molecule has 0 aliphatic carbocycles. The van der Waals surface area contributed by atoms with Crippen molar-refractivity contribution in [2.45, 2.75) is 52.5 Å². The van der Waals surface area contributed by atoms with E-state index in [0.29, 0.717) is 18.3 Å². The molecule has 0 aliphatic heterocycles. The van der Waals surface area contributed by atoms with Gasteiger partial charge in [0.1, 0.15) is 11.5 Å². The molecule has 0 bridgehead atoms. The van der Waals surface area contributed by atoms with Crippen LogP contribution in [0.5, 0.6) is 0 Å². The average molecular weight is 469 g/mol. The number of aryl methyl sites for hydroxylation is 1. The lowest BCUT2D eigenvalue weighted by Crippen LogP contribution is -2.07. The van der Waals surface area contributed by atoms with E-state index in [4.69, 9.17) is 10.1 Å². The Balaban J connectivity index is 1.59. The minimum Gasteiger partial charge on any atom is -0.313 e. The zero-order chi connectivity index (χ0) is 21.1. The zero-order valence-corrected chi connectivity index (χ0v) is 19.0. The van der Waals surface area contributed by atoms with E-state index in [1.165, 1.54) is 5.56 Å². The van der Waals surface area contributed by atoms with Gasteiger partial charge in [0, 0.05) is 28.7 Å². The van der Waals surface area contributed by atoms with E-state index in [0.717, 1.165) is 46.8 Å². The molecule has 1 N–H and O–H groups in total. The van der Waals surface area contributed by atoms with Gasteiger partial charge in [-0.3, -0.25) is 0 Å². The van der Waals surface area contributed by atoms with Crippen LogP contribution in [0.15, 0.2) is 41.0 Å². The highest BCUT2D eigenvalue weighted by Crippen LogP contribution is 2.29. The van der Waals surface area contributed by atoms with Crippen molar-refractivity contribution in [1.29, 1.82) is 0 Å². The summed E-state index contributed by atoms with van der Waals surface area (Å²) in [6.07, 6.45) is 5.21. The first-order valence-corrected chi connectivity index (χ1v) is 11.0. The van der Waals surface area contributed by atoms with E-state index in [1.807, 2.05) is 16.8 Å². The molecule has 0 saturated heterocycles. The number of unbranched alkanes of at least 4 members (excludes halogenated alkanes) is 1. The van der Waals surface area contributed by atoms with Crippen molar-refractivity contribution in [3.8, 4) is 17.2 Å². The summed E-state index contributed by atoms with van der Waals surface area (Å²) in [5.74, 6) is 2.85. The highest BCUT2D eigenvalue weighted by Gasteiger charge is 2.16. The third-order valence-electron chi connectivity index (χ3n) is 4.98. The number of H-pyrrole nitrogens is 1. The number of halogens is 1. The molecule has 9 heteroatoms. The van der Waals surface area contributed by atoms with Gasteiger partial charge in [0.15, 0.2) is 5.82 Å². The Morgan fingerprint density at radius 3 is 2.60 bits per heavy atom.